The summed E-state index contributed by atoms with van der Waals surface area (Å²) in [6, 6.07) is 21.1. The second kappa shape index (κ2) is 10.1. The number of hydrogen-bond donors (Lipinski definition) is 2. The molecule has 0 spiro atoms. The predicted molar refractivity (Wildman–Crippen MR) is 112 cm³/mol. The van der Waals surface area contributed by atoms with Crippen molar-refractivity contribution in [1.82, 2.24) is 5.01 Å². The minimum atomic E-state index is -0.923. The number of hydrazine groups is 1. The molecule has 0 aromatic heterocycles. The fourth-order valence-electron chi connectivity index (χ4n) is 2.79. The normalized spacial score (nSPS) is 10.3. The van der Waals surface area contributed by atoms with Gasteiger partial charge in [0.1, 0.15) is 19.0 Å². The van der Waals surface area contributed by atoms with E-state index in [1.165, 1.54) is 12.1 Å². The molecule has 0 aliphatic carbocycles. The van der Waals surface area contributed by atoms with Gasteiger partial charge in [-0.3, -0.25) is 9.59 Å². The van der Waals surface area contributed by atoms with E-state index in [0.717, 1.165) is 11.6 Å². The Balaban J connectivity index is 1.65. The summed E-state index contributed by atoms with van der Waals surface area (Å²) in [5, 5.41) is 2.89. The van der Waals surface area contributed by atoms with Crippen molar-refractivity contribution in [2.45, 2.75) is 6.61 Å². The van der Waals surface area contributed by atoms with Crippen LogP contribution in [0.3, 0.4) is 0 Å². The van der Waals surface area contributed by atoms with E-state index < -0.39 is 30.1 Å². The highest BCUT2D eigenvalue weighted by Gasteiger charge is 2.21. The number of ether oxygens (including phenoxy) is 1. The van der Waals surface area contributed by atoms with Gasteiger partial charge in [0, 0.05) is 11.1 Å². The maximum absolute atomic E-state index is 14.4. The van der Waals surface area contributed by atoms with Crippen LogP contribution in [0, 0.1) is 5.82 Å². The smallest absolute Gasteiger partial charge is 0.424 e. The van der Waals surface area contributed by atoms with Gasteiger partial charge in [0.15, 0.2) is 5.78 Å². The van der Waals surface area contributed by atoms with Crippen LogP contribution >= 0.6 is 0 Å². The van der Waals surface area contributed by atoms with Gasteiger partial charge < -0.3 is 10.1 Å². The number of para-hydroxylation sites is 1. The van der Waals surface area contributed by atoms with E-state index in [-0.39, 0.29) is 17.9 Å². The molecule has 0 aliphatic rings. The molecule has 158 valence electrons. The summed E-state index contributed by atoms with van der Waals surface area (Å²) in [5.41, 5.74) is 0.792. The van der Waals surface area contributed by atoms with Crippen molar-refractivity contribution in [3.8, 4) is 0 Å². The van der Waals surface area contributed by atoms with Gasteiger partial charge in [-0.15, -0.1) is 0 Å². The molecule has 3 N–H and O–H groups in total. The highest BCUT2D eigenvalue weighted by atomic mass is 19.1. The van der Waals surface area contributed by atoms with E-state index in [0.29, 0.717) is 10.6 Å². The predicted octanol–water partition coefficient (Wildman–Crippen LogP) is 3.51. The van der Waals surface area contributed by atoms with E-state index in [4.69, 9.17) is 10.6 Å². The average Bonchev–Trinajstić information content (AvgIpc) is 2.79. The molecule has 3 aromatic rings. The van der Waals surface area contributed by atoms with Crippen LogP contribution in [-0.2, 0) is 16.1 Å². The first-order chi connectivity index (χ1) is 15.0. The van der Waals surface area contributed by atoms with Crippen molar-refractivity contribution in [1.29, 1.82) is 0 Å². The van der Waals surface area contributed by atoms with Gasteiger partial charge >= 0.3 is 6.09 Å². The molecule has 0 heterocycles. The Labute approximate surface area is 178 Å². The van der Waals surface area contributed by atoms with Crippen molar-refractivity contribution in [3.63, 3.8) is 0 Å². The second-order valence-corrected chi connectivity index (χ2v) is 6.57. The third-order valence-corrected chi connectivity index (χ3v) is 4.31. The molecule has 7 nitrogen and oxygen atoms in total. The summed E-state index contributed by atoms with van der Waals surface area (Å²) < 4.78 is 19.4. The molecular formula is C23H20FN3O4. The van der Waals surface area contributed by atoms with Gasteiger partial charge in [-0.2, -0.15) is 0 Å². The van der Waals surface area contributed by atoms with Crippen LogP contribution in [0.25, 0.3) is 0 Å². The van der Waals surface area contributed by atoms with E-state index >= 15 is 0 Å². The molecule has 0 aliphatic heterocycles. The first kappa shape index (κ1) is 21.7. The molecule has 0 fully saturated rings. The zero-order valence-corrected chi connectivity index (χ0v) is 16.5. The fourth-order valence-corrected chi connectivity index (χ4v) is 2.79. The van der Waals surface area contributed by atoms with Crippen LogP contribution in [0.4, 0.5) is 14.9 Å². The number of carbonyl (C=O) groups is 3. The summed E-state index contributed by atoms with van der Waals surface area (Å²) >= 11 is 0. The molecule has 31 heavy (non-hydrogen) atoms. The lowest BCUT2D eigenvalue weighted by Crippen LogP contribution is -2.43. The van der Waals surface area contributed by atoms with Crippen LogP contribution in [-0.4, -0.2) is 29.3 Å². The Hall–Kier alpha value is -4.04. The summed E-state index contributed by atoms with van der Waals surface area (Å²) in [5.74, 6) is 3.57. The Kier molecular flexibility index (Phi) is 7.08. The molecule has 0 radical (unpaired) electrons. The van der Waals surface area contributed by atoms with Crippen LogP contribution in [0.2, 0.25) is 0 Å². The number of hydrogen-bond acceptors (Lipinski definition) is 5. The minimum Gasteiger partial charge on any atom is -0.444 e. The lowest BCUT2D eigenvalue weighted by Gasteiger charge is -2.17. The van der Waals surface area contributed by atoms with Gasteiger partial charge in [0.2, 0.25) is 5.91 Å². The lowest BCUT2D eigenvalue weighted by atomic mass is 10.0. The first-order valence-corrected chi connectivity index (χ1v) is 9.36. The van der Waals surface area contributed by atoms with Gasteiger partial charge in [-0.25, -0.2) is 20.0 Å². The number of ketones is 1. The van der Waals surface area contributed by atoms with E-state index in [1.54, 1.807) is 54.6 Å². The summed E-state index contributed by atoms with van der Waals surface area (Å²) in [6.07, 6.45) is -0.923. The van der Waals surface area contributed by atoms with Gasteiger partial charge in [-0.1, -0.05) is 66.7 Å². The topological polar surface area (TPSA) is 102 Å². The second-order valence-electron chi connectivity index (χ2n) is 6.57. The van der Waals surface area contributed by atoms with E-state index in [1.807, 2.05) is 6.07 Å². The molecule has 0 saturated heterocycles. The minimum absolute atomic E-state index is 0.0158. The number of benzene rings is 3. The van der Waals surface area contributed by atoms with Crippen LogP contribution in [0.1, 0.15) is 21.5 Å². The number of nitrogens with one attached hydrogen (secondary N) is 1. The monoisotopic (exact) mass is 421 g/mol. The lowest BCUT2D eigenvalue weighted by molar-refractivity contribution is -0.117. The quantitative estimate of drug-likeness (QED) is 0.263. The molecule has 0 saturated carbocycles. The molecule has 0 atom stereocenters. The number of carbonyl (C=O) groups excluding carboxylic acids is 3. The number of rotatable bonds is 7. The number of nitrogens with zero attached hydrogens (tertiary/aromatic N) is 1. The van der Waals surface area contributed by atoms with Crippen LogP contribution < -0.4 is 11.2 Å². The average molecular weight is 421 g/mol. The van der Waals surface area contributed by atoms with Crippen molar-refractivity contribution < 1.29 is 23.5 Å². The standard InChI is InChI=1S/C23H20FN3O4/c24-19-13-7-12-18(22(29)17-10-5-2-6-11-17)21(19)26-20(28)14-27(25)23(30)31-15-16-8-3-1-4-9-16/h1-13H,14-15,25H2,(H,26,28). The highest BCUT2D eigenvalue weighted by Crippen LogP contribution is 2.23. The van der Waals surface area contributed by atoms with Crippen molar-refractivity contribution in [2.75, 3.05) is 11.9 Å². The highest BCUT2D eigenvalue weighted by molar-refractivity contribution is 6.14. The van der Waals surface area contributed by atoms with Crippen molar-refractivity contribution >= 4 is 23.5 Å². The number of anilines is 1. The van der Waals surface area contributed by atoms with Gasteiger partial charge in [0.25, 0.3) is 0 Å². The summed E-state index contributed by atoms with van der Waals surface area (Å²) in [4.78, 5) is 37.1. The third-order valence-electron chi connectivity index (χ3n) is 4.31. The maximum Gasteiger partial charge on any atom is 0.424 e. The largest absolute Gasteiger partial charge is 0.444 e. The van der Waals surface area contributed by atoms with Crippen molar-refractivity contribution in [2.24, 2.45) is 5.84 Å². The molecule has 3 rings (SSSR count). The molecule has 0 bridgehead atoms. The zero-order chi connectivity index (χ0) is 22.2. The molecule has 2 amide bonds. The number of amides is 2. The SMILES string of the molecule is NN(CC(=O)Nc1c(F)cccc1C(=O)c1ccccc1)C(=O)OCc1ccccc1. The Bertz CT molecular complexity index is 1070. The van der Waals surface area contributed by atoms with Crippen LogP contribution in [0.15, 0.2) is 78.9 Å². The zero-order valence-electron chi connectivity index (χ0n) is 16.5. The van der Waals surface area contributed by atoms with Crippen LogP contribution in [0.5, 0.6) is 0 Å². The van der Waals surface area contributed by atoms with Crippen molar-refractivity contribution in [3.05, 3.63) is 101 Å². The molecule has 8 heteroatoms. The van der Waals surface area contributed by atoms with Gasteiger partial charge in [-0.05, 0) is 17.7 Å². The van der Waals surface area contributed by atoms with E-state index in [9.17, 15) is 18.8 Å². The first-order valence-electron chi connectivity index (χ1n) is 9.36. The third kappa shape index (κ3) is 5.74. The fraction of sp³-hybridized carbons (Fsp3) is 0.0870. The number of halogens is 1. The summed E-state index contributed by atoms with van der Waals surface area (Å²) in [6.45, 7) is -0.612. The Morgan fingerprint density at radius 1 is 0.903 bits per heavy atom. The van der Waals surface area contributed by atoms with E-state index in [2.05, 4.69) is 5.32 Å². The molecule has 0 unspecified atom stereocenters. The number of nitrogens with two attached hydrogens (primary N) is 1. The Morgan fingerprint density at radius 3 is 2.23 bits per heavy atom. The molecule has 3 aromatic carbocycles. The van der Waals surface area contributed by atoms with Gasteiger partial charge in [0.05, 0.1) is 5.69 Å². The summed E-state index contributed by atoms with van der Waals surface area (Å²) in [7, 11) is 0. The Morgan fingerprint density at radius 2 is 1.55 bits per heavy atom. The maximum atomic E-state index is 14.4. The molecular weight excluding hydrogens is 401 g/mol.